The van der Waals surface area contributed by atoms with Crippen molar-refractivity contribution < 1.29 is 4.79 Å². The number of aromatic nitrogens is 3. The molecule has 2 aromatic heterocycles. The molecule has 6 nitrogen and oxygen atoms in total. The van der Waals surface area contributed by atoms with Gasteiger partial charge in [0.1, 0.15) is 0 Å². The molecule has 3 aliphatic rings. The highest BCUT2D eigenvalue weighted by atomic mass is 16.2. The summed E-state index contributed by atoms with van der Waals surface area (Å²) in [7, 11) is 2.12. The molecule has 0 spiro atoms. The number of rotatable bonds is 2. The van der Waals surface area contributed by atoms with Gasteiger partial charge in [0.25, 0.3) is 5.91 Å². The molecule has 0 fully saturated rings. The van der Waals surface area contributed by atoms with Crippen molar-refractivity contribution in [2.45, 2.75) is 13.3 Å². The number of allylic oxidation sites excluding steroid dienone is 7. The number of likely N-dealkylation sites (N-methyl/N-ethyl adjacent to an activating group) is 1. The van der Waals surface area contributed by atoms with Gasteiger partial charge in [-0.05, 0) is 49.8 Å². The Morgan fingerprint density at radius 3 is 2.87 bits per heavy atom. The molecule has 0 saturated heterocycles. The summed E-state index contributed by atoms with van der Waals surface area (Å²) in [5, 5.41) is 4.63. The number of carbonyl (C=O) groups is 1. The van der Waals surface area contributed by atoms with Crippen LogP contribution in [0.1, 0.15) is 17.8 Å². The van der Waals surface area contributed by atoms with Gasteiger partial charge in [-0.1, -0.05) is 24.3 Å². The number of hydrogen-bond donors (Lipinski definition) is 0. The molecule has 0 bridgehead atoms. The number of carbonyl (C=O) groups excluding carboxylic acids is 1. The number of aryl methyl sites for hydroxylation is 1. The van der Waals surface area contributed by atoms with E-state index in [9.17, 15) is 4.79 Å². The van der Waals surface area contributed by atoms with Crippen molar-refractivity contribution in [1.29, 1.82) is 0 Å². The van der Waals surface area contributed by atoms with Crippen LogP contribution < -0.4 is 0 Å². The van der Waals surface area contributed by atoms with Crippen molar-refractivity contribution in [3.63, 3.8) is 0 Å². The van der Waals surface area contributed by atoms with Crippen LogP contribution in [0.2, 0.25) is 0 Å². The molecule has 0 aliphatic carbocycles. The molecule has 0 N–H and O–H groups in total. The van der Waals surface area contributed by atoms with Crippen LogP contribution in [-0.2, 0) is 4.79 Å². The van der Waals surface area contributed by atoms with E-state index in [1.54, 1.807) is 21.7 Å². The Bertz CT molecular complexity index is 1220. The van der Waals surface area contributed by atoms with Crippen LogP contribution in [0.3, 0.4) is 0 Å². The van der Waals surface area contributed by atoms with E-state index in [4.69, 9.17) is 0 Å². The Morgan fingerprint density at radius 1 is 1.13 bits per heavy atom. The monoisotopic (exact) mass is 397 g/mol. The lowest BCUT2D eigenvalue weighted by molar-refractivity contribution is -0.122. The Morgan fingerprint density at radius 2 is 2.03 bits per heavy atom. The number of fused-ring (bicyclic) bond motifs is 2. The van der Waals surface area contributed by atoms with Crippen molar-refractivity contribution >= 4 is 17.0 Å². The second-order valence-electron chi connectivity index (χ2n) is 7.85. The first-order valence-electron chi connectivity index (χ1n) is 10.1. The minimum absolute atomic E-state index is 0.0812. The Kier molecular flexibility index (Phi) is 4.56. The van der Waals surface area contributed by atoms with Crippen LogP contribution in [-0.4, -0.2) is 50.4 Å². The minimum Gasteiger partial charge on any atom is -0.302 e. The van der Waals surface area contributed by atoms with E-state index in [-0.39, 0.29) is 5.91 Å². The Hall–Kier alpha value is -3.51. The van der Waals surface area contributed by atoms with E-state index in [1.165, 1.54) is 5.57 Å². The molecular formula is C24H23N5O. The molecule has 30 heavy (non-hydrogen) atoms. The van der Waals surface area contributed by atoms with E-state index in [0.717, 1.165) is 53.3 Å². The summed E-state index contributed by atoms with van der Waals surface area (Å²) in [6, 6.07) is 1.95. The lowest BCUT2D eigenvalue weighted by Crippen LogP contribution is -2.27. The first-order valence-corrected chi connectivity index (χ1v) is 10.1. The molecule has 1 amide bonds. The highest BCUT2D eigenvalue weighted by Gasteiger charge is 2.21. The quantitative estimate of drug-likeness (QED) is 0.779. The van der Waals surface area contributed by atoms with Crippen molar-refractivity contribution in [3.8, 4) is 0 Å². The normalized spacial score (nSPS) is 24.2. The van der Waals surface area contributed by atoms with Crippen LogP contribution in [0.5, 0.6) is 0 Å². The summed E-state index contributed by atoms with van der Waals surface area (Å²) in [5.74, 6) is -0.0812. The fourth-order valence-corrected chi connectivity index (χ4v) is 3.85. The van der Waals surface area contributed by atoms with Gasteiger partial charge in [-0.25, -0.2) is 4.52 Å². The zero-order chi connectivity index (χ0) is 20.7. The van der Waals surface area contributed by atoms with Crippen molar-refractivity contribution in [2.75, 3.05) is 20.1 Å². The molecule has 0 radical (unpaired) electrons. The van der Waals surface area contributed by atoms with Gasteiger partial charge in [-0.2, -0.15) is 5.10 Å². The minimum atomic E-state index is -0.0812. The third kappa shape index (κ3) is 3.46. The summed E-state index contributed by atoms with van der Waals surface area (Å²) in [6.07, 6.45) is 20.5. The molecule has 0 atom stereocenters. The van der Waals surface area contributed by atoms with Gasteiger partial charge in [0.05, 0.1) is 29.3 Å². The van der Waals surface area contributed by atoms with Crippen LogP contribution in [0.15, 0.2) is 84.0 Å². The highest BCUT2D eigenvalue weighted by molar-refractivity contribution is 5.99. The molecule has 0 saturated carbocycles. The zero-order valence-corrected chi connectivity index (χ0v) is 17.1. The Balaban J connectivity index is 1.49. The molecule has 0 unspecified atom stereocenters. The average molecular weight is 397 g/mol. The lowest BCUT2D eigenvalue weighted by Gasteiger charge is -2.27. The molecular weight excluding hydrogens is 374 g/mol. The molecule has 5 rings (SSSR count). The maximum atomic E-state index is 13.2. The van der Waals surface area contributed by atoms with E-state index in [1.807, 2.05) is 49.7 Å². The molecule has 5 heterocycles. The van der Waals surface area contributed by atoms with E-state index < -0.39 is 0 Å². The third-order valence-corrected chi connectivity index (χ3v) is 5.59. The predicted molar refractivity (Wildman–Crippen MR) is 117 cm³/mol. The average Bonchev–Trinajstić information content (AvgIpc) is 3.15. The largest absolute Gasteiger partial charge is 0.302 e. The van der Waals surface area contributed by atoms with Gasteiger partial charge in [0, 0.05) is 36.6 Å². The van der Waals surface area contributed by atoms with Crippen molar-refractivity contribution in [3.05, 3.63) is 95.4 Å². The van der Waals surface area contributed by atoms with Crippen molar-refractivity contribution in [2.24, 2.45) is 0 Å². The topological polar surface area (TPSA) is 53.7 Å². The lowest BCUT2D eigenvalue weighted by atomic mass is 9.97. The van der Waals surface area contributed by atoms with E-state index >= 15 is 0 Å². The van der Waals surface area contributed by atoms with Crippen LogP contribution in [0, 0.1) is 6.92 Å². The van der Waals surface area contributed by atoms with Gasteiger partial charge < -0.3 is 4.90 Å². The number of amides is 1. The summed E-state index contributed by atoms with van der Waals surface area (Å²) in [6.45, 7) is 3.90. The van der Waals surface area contributed by atoms with Gasteiger partial charge in [-0.15, -0.1) is 0 Å². The third-order valence-electron chi connectivity index (χ3n) is 5.59. The smallest absolute Gasteiger partial charge is 0.255 e. The summed E-state index contributed by atoms with van der Waals surface area (Å²) in [4.78, 5) is 21.5. The van der Waals surface area contributed by atoms with Gasteiger partial charge in [-0.3, -0.25) is 14.7 Å². The molecule has 6 heteroatoms. The first kappa shape index (κ1) is 18.5. The SMILES string of the molecule is Cc1cn2nc(C3=C\C(=O)N4C=C(C5=CCN(C)CC5)C=C\C4=C/C=C/3)cc2cn1. The number of nitrogens with zero attached hydrogens (tertiary/aromatic N) is 5. The molecule has 3 aliphatic heterocycles. The number of hydrogen-bond acceptors (Lipinski definition) is 4. The summed E-state index contributed by atoms with van der Waals surface area (Å²) in [5.41, 5.74) is 6.57. The second kappa shape index (κ2) is 7.39. The van der Waals surface area contributed by atoms with Gasteiger partial charge in [0.15, 0.2) is 0 Å². The second-order valence-corrected chi connectivity index (χ2v) is 7.85. The van der Waals surface area contributed by atoms with Crippen LogP contribution >= 0.6 is 0 Å². The molecule has 0 aromatic carbocycles. The molecule has 150 valence electrons. The van der Waals surface area contributed by atoms with Gasteiger partial charge >= 0.3 is 0 Å². The Labute approximate surface area is 175 Å². The van der Waals surface area contributed by atoms with E-state index in [2.05, 4.69) is 34.2 Å². The maximum Gasteiger partial charge on any atom is 0.255 e. The van der Waals surface area contributed by atoms with Gasteiger partial charge in [0.2, 0.25) is 0 Å². The molecule has 2 aromatic rings. The fraction of sp³-hybridized carbons (Fsp3) is 0.208. The summed E-state index contributed by atoms with van der Waals surface area (Å²) < 4.78 is 1.80. The first-order chi connectivity index (χ1) is 14.6. The van der Waals surface area contributed by atoms with Crippen LogP contribution in [0.25, 0.3) is 11.1 Å². The zero-order valence-electron chi connectivity index (χ0n) is 17.1. The fourth-order valence-electron chi connectivity index (χ4n) is 3.85. The van der Waals surface area contributed by atoms with Crippen molar-refractivity contribution in [1.82, 2.24) is 24.4 Å². The van der Waals surface area contributed by atoms with E-state index in [0.29, 0.717) is 0 Å². The highest BCUT2D eigenvalue weighted by Crippen LogP contribution is 2.28. The standard InChI is InChI=1S/C24H23N5O/c1-17-15-29-22(14-25-17)13-23(26-29)19-4-3-5-21-7-6-20(16-28(21)24(30)12-19)18-8-10-27(2)11-9-18/h3-8,12-16H,9-11H2,1-2H3/b4-3+,19-12+,21-5+. The maximum absolute atomic E-state index is 13.2. The summed E-state index contributed by atoms with van der Waals surface area (Å²) >= 11 is 0. The van der Waals surface area contributed by atoms with Crippen LogP contribution in [0.4, 0.5) is 0 Å². The predicted octanol–water partition coefficient (Wildman–Crippen LogP) is 3.42.